The molecule has 25 heavy (non-hydrogen) atoms. The number of hydrogen-bond donors (Lipinski definition) is 1. The first kappa shape index (κ1) is 18.5. The number of carbonyl (C=O) groups is 2. The second kappa shape index (κ2) is 7.38. The SMILES string of the molecule is CCc1cc(=O)oc2c(C)c(O[C@H](C)C(=O)N[C@@H](C)C(=O)[O-])ccc12. The van der Waals surface area contributed by atoms with Crippen molar-refractivity contribution in [3.8, 4) is 5.75 Å². The minimum atomic E-state index is -1.38. The van der Waals surface area contributed by atoms with Gasteiger partial charge in [-0.25, -0.2) is 4.79 Å². The van der Waals surface area contributed by atoms with Gasteiger partial charge in [0.05, 0.1) is 12.0 Å². The lowest BCUT2D eigenvalue weighted by Crippen LogP contribution is -2.49. The first-order valence-electron chi connectivity index (χ1n) is 7.98. The van der Waals surface area contributed by atoms with Crippen LogP contribution >= 0.6 is 0 Å². The van der Waals surface area contributed by atoms with Gasteiger partial charge in [0, 0.05) is 17.0 Å². The van der Waals surface area contributed by atoms with E-state index in [4.69, 9.17) is 9.15 Å². The number of ether oxygens (including phenoxy) is 1. The van der Waals surface area contributed by atoms with E-state index in [1.165, 1.54) is 19.9 Å². The van der Waals surface area contributed by atoms with Crippen molar-refractivity contribution < 1.29 is 23.8 Å². The van der Waals surface area contributed by atoms with Crippen molar-refractivity contribution in [3.05, 3.63) is 39.7 Å². The molecule has 0 aliphatic rings. The fourth-order valence-electron chi connectivity index (χ4n) is 2.46. The van der Waals surface area contributed by atoms with Gasteiger partial charge in [-0.3, -0.25) is 4.79 Å². The molecule has 2 rings (SSSR count). The average Bonchev–Trinajstić information content (AvgIpc) is 2.56. The van der Waals surface area contributed by atoms with Gasteiger partial charge in [-0.1, -0.05) is 6.92 Å². The second-order valence-electron chi connectivity index (χ2n) is 5.82. The molecule has 0 saturated carbocycles. The van der Waals surface area contributed by atoms with Crippen molar-refractivity contribution in [2.45, 2.75) is 46.3 Å². The minimum Gasteiger partial charge on any atom is -0.548 e. The molecule has 7 nitrogen and oxygen atoms in total. The number of benzene rings is 1. The fourth-order valence-corrected chi connectivity index (χ4v) is 2.46. The highest BCUT2D eigenvalue weighted by Gasteiger charge is 2.19. The number of aryl methyl sites for hydroxylation is 2. The lowest BCUT2D eigenvalue weighted by atomic mass is 10.0. The summed E-state index contributed by atoms with van der Waals surface area (Å²) in [6.45, 7) is 6.48. The number of nitrogens with one attached hydrogen (secondary N) is 1. The highest BCUT2D eigenvalue weighted by molar-refractivity contribution is 5.87. The highest BCUT2D eigenvalue weighted by Crippen LogP contribution is 2.29. The number of carboxylic acid groups (broad SMARTS) is 1. The first-order chi connectivity index (χ1) is 11.7. The summed E-state index contributed by atoms with van der Waals surface area (Å²) in [6, 6.07) is 3.80. The van der Waals surface area contributed by atoms with Crippen LogP contribution in [0.1, 0.15) is 31.9 Å². The summed E-state index contributed by atoms with van der Waals surface area (Å²) >= 11 is 0. The molecule has 0 fully saturated rings. The number of amides is 1. The molecule has 0 aliphatic carbocycles. The van der Waals surface area contributed by atoms with Crippen molar-refractivity contribution in [2.75, 3.05) is 0 Å². The molecule has 134 valence electrons. The summed E-state index contributed by atoms with van der Waals surface area (Å²) in [4.78, 5) is 34.4. The first-order valence-corrected chi connectivity index (χ1v) is 7.98. The number of aliphatic carboxylic acids is 1. The van der Waals surface area contributed by atoms with Gasteiger partial charge in [0.15, 0.2) is 6.10 Å². The van der Waals surface area contributed by atoms with Crippen LogP contribution in [-0.2, 0) is 16.0 Å². The van der Waals surface area contributed by atoms with E-state index < -0.39 is 29.6 Å². The van der Waals surface area contributed by atoms with Gasteiger partial charge < -0.3 is 24.4 Å². The van der Waals surface area contributed by atoms with E-state index in [-0.39, 0.29) is 0 Å². The Bertz CT molecular complexity index is 870. The summed E-state index contributed by atoms with van der Waals surface area (Å²) < 4.78 is 10.9. The molecule has 1 aromatic heterocycles. The van der Waals surface area contributed by atoms with Crippen LogP contribution in [0.25, 0.3) is 11.0 Å². The van der Waals surface area contributed by atoms with Crippen LogP contribution in [0, 0.1) is 6.92 Å². The van der Waals surface area contributed by atoms with Crippen molar-refractivity contribution in [2.24, 2.45) is 0 Å². The third kappa shape index (κ3) is 3.99. The van der Waals surface area contributed by atoms with Gasteiger partial charge in [0.25, 0.3) is 5.91 Å². The Morgan fingerprint density at radius 1 is 1.32 bits per heavy atom. The average molecular weight is 346 g/mol. The van der Waals surface area contributed by atoms with Crippen LogP contribution in [0.15, 0.2) is 27.4 Å². The normalized spacial score (nSPS) is 13.3. The van der Waals surface area contributed by atoms with Crippen molar-refractivity contribution in [1.82, 2.24) is 5.32 Å². The third-order valence-electron chi connectivity index (χ3n) is 3.96. The molecular formula is C18H20NO6-. The maximum absolute atomic E-state index is 12.0. The maximum atomic E-state index is 12.0. The molecule has 0 aliphatic heterocycles. The van der Waals surface area contributed by atoms with Crippen LogP contribution in [0.4, 0.5) is 0 Å². The molecule has 0 radical (unpaired) electrons. The molecule has 7 heteroatoms. The Kier molecular flexibility index (Phi) is 5.46. The fraction of sp³-hybridized carbons (Fsp3) is 0.389. The Morgan fingerprint density at radius 3 is 2.60 bits per heavy atom. The van der Waals surface area contributed by atoms with E-state index >= 15 is 0 Å². The van der Waals surface area contributed by atoms with E-state index in [9.17, 15) is 19.5 Å². The van der Waals surface area contributed by atoms with Crippen LogP contribution in [0.3, 0.4) is 0 Å². The highest BCUT2D eigenvalue weighted by atomic mass is 16.5. The molecule has 1 aromatic carbocycles. The zero-order chi connectivity index (χ0) is 18.7. The van der Waals surface area contributed by atoms with Crippen molar-refractivity contribution >= 4 is 22.8 Å². The van der Waals surface area contributed by atoms with E-state index in [1.807, 2.05) is 6.92 Å². The molecule has 1 N–H and O–H groups in total. The molecule has 2 aromatic rings. The van der Waals surface area contributed by atoms with Gasteiger partial charge in [-0.15, -0.1) is 0 Å². The number of rotatable bonds is 6. The Hall–Kier alpha value is -2.83. The smallest absolute Gasteiger partial charge is 0.336 e. The summed E-state index contributed by atoms with van der Waals surface area (Å²) in [6.07, 6.45) is -0.249. The van der Waals surface area contributed by atoms with Crippen molar-refractivity contribution in [1.29, 1.82) is 0 Å². The monoisotopic (exact) mass is 346 g/mol. The molecule has 0 unspecified atom stereocenters. The number of carbonyl (C=O) groups excluding carboxylic acids is 2. The third-order valence-corrected chi connectivity index (χ3v) is 3.96. The second-order valence-corrected chi connectivity index (χ2v) is 5.82. The van der Waals surface area contributed by atoms with Gasteiger partial charge in [0.2, 0.25) is 0 Å². The van der Waals surface area contributed by atoms with E-state index in [2.05, 4.69) is 5.32 Å². The van der Waals surface area contributed by atoms with Gasteiger partial charge in [-0.05, 0) is 44.9 Å². The summed E-state index contributed by atoms with van der Waals surface area (Å²) in [5, 5.41) is 13.8. The van der Waals surface area contributed by atoms with Gasteiger partial charge in [-0.2, -0.15) is 0 Å². The number of fused-ring (bicyclic) bond motifs is 1. The van der Waals surface area contributed by atoms with E-state index in [1.54, 1.807) is 19.1 Å². The van der Waals surface area contributed by atoms with Gasteiger partial charge >= 0.3 is 5.63 Å². The molecular weight excluding hydrogens is 326 g/mol. The predicted molar refractivity (Wildman–Crippen MR) is 89.3 cm³/mol. The summed E-state index contributed by atoms with van der Waals surface area (Å²) in [5.41, 5.74) is 1.43. The van der Waals surface area contributed by atoms with Crippen LogP contribution in [-0.4, -0.2) is 24.0 Å². The quantitative estimate of drug-likeness (QED) is 0.771. The summed E-state index contributed by atoms with van der Waals surface area (Å²) in [5.74, 6) is -1.58. The predicted octanol–water partition coefficient (Wildman–Crippen LogP) is 0.686. The molecule has 1 amide bonds. The van der Waals surface area contributed by atoms with Crippen molar-refractivity contribution in [3.63, 3.8) is 0 Å². The zero-order valence-electron chi connectivity index (χ0n) is 14.5. The summed E-state index contributed by atoms with van der Waals surface area (Å²) in [7, 11) is 0. The molecule has 0 bridgehead atoms. The van der Waals surface area contributed by atoms with E-state index in [0.29, 0.717) is 23.3 Å². The lowest BCUT2D eigenvalue weighted by Gasteiger charge is -2.20. The lowest BCUT2D eigenvalue weighted by molar-refractivity contribution is -0.307. The van der Waals surface area contributed by atoms with Gasteiger partial charge in [0.1, 0.15) is 11.3 Å². The topological polar surface area (TPSA) is 109 Å². The Balaban J connectivity index is 2.30. The largest absolute Gasteiger partial charge is 0.548 e. The zero-order valence-corrected chi connectivity index (χ0v) is 14.5. The molecule has 0 spiro atoms. The Morgan fingerprint density at radius 2 is 2.00 bits per heavy atom. The van der Waals surface area contributed by atoms with E-state index in [0.717, 1.165) is 10.9 Å². The molecule has 0 saturated heterocycles. The molecule has 2 atom stereocenters. The van der Waals surface area contributed by atoms with Crippen LogP contribution in [0.5, 0.6) is 5.75 Å². The van der Waals surface area contributed by atoms with Crippen LogP contribution in [0.2, 0.25) is 0 Å². The number of carboxylic acids is 1. The molecule has 1 heterocycles. The minimum absolute atomic E-state index is 0.382. The standard InChI is InChI=1S/C18H21NO6/c1-5-12-8-15(20)25-16-9(2)14(7-6-13(12)16)24-11(4)17(21)19-10(3)18(22)23/h6-8,10-11H,5H2,1-4H3,(H,19,21)(H,22,23)/p-1/t10-,11+/m0/s1. The number of hydrogen-bond acceptors (Lipinski definition) is 6. The maximum Gasteiger partial charge on any atom is 0.336 e. The van der Waals surface area contributed by atoms with Crippen LogP contribution < -0.4 is 20.8 Å². The Labute approximate surface area is 144 Å².